The van der Waals surface area contributed by atoms with Gasteiger partial charge in [0.25, 0.3) is 0 Å². The van der Waals surface area contributed by atoms with Crippen LogP contribution in [0.3, 0.4) is 0 Å². The Balaban J connectivity index is 1.75. The number of thioether (sulfide) groups is 1. The van der Waals surface area contributed by atoms with Crippen molar-refractivity contribution >= 4 is 56.8 Å². The smallest absolute Gasteiger partial charge is 0.325 e. The van der Waals surface area contributed by atoms with Gasteiger partial charge in [0.2, 0.25) is 5.91 Å². The van der Waals surface area contributed by atoms with Crippen LogP contribution >= 0.6 is 34.7 Å². The maximum absolute atomic E-state index is 12.0. The first kappa shape index (κ1) is 19.6. The summed E-state index contributed by atoms with van der Waals surface area (Å²) in [5, 5.41) is 6.86. The van der Waals surface area contributed by atoms with Crippen molar-refractivity contribution in [2.45, 2.75) is 11.9 Å². The van der Waals surface area contributed by atoms with Gasteiger partial charge in [0.15, 0.2) is 0 Å². The van der Waals surface area contributed by atoms with Crippen LogP contribution in [-0.4, -0.2) is 40.7 Å². The maximum atomic E-state index is 12.0. The maximum Gasteiger partial charge on any atom is 0.325 e. The number of halogens is 1. The van der Waals surface area contributed by atoms with Gasteiger partial charge in [-0.15, -0.1) is 11.3 Å². The highest BCUT2D eigenvalue weighted by atomic mass is 35.5. The van der Waals surface area contributed by atoms with E-state index in [-0.39, 0.29) is 24.8 Å². The fourth-order valence-electron chi connectivity index (χ4n) is 2.37. The van der Waals surface area contributed by atoms with Gasteiger partial charge in [-0.3, -0.25) is 9.59 Å². The summed E-state index contributed by atoms with van der Waals surface area (Å²) >= 11 is 8.80. The van der Waals surface area contributed by atoms with Crippen molar-refractivity contribution in [2.75, 3.05) is 18.9 Å². The Morgan fingerprint density at radius 2 is 2.04 bits per heavy atom. The second kappa shape index (κ2) is 9.16. The van der Waals surface area contributed by atoms with Crippen LogP contribution < -0.4 is 5.32 Å². The summed E-state index contributed by atoms with van der Waals surface area (Å²) in [4.78, 5) is 32.8. The number of carbonyl (C=O) groups is 2. The summed E-state index contributed by atoms with van der Waals surface area (Å²) in [5.41, 5.74) is 2.01. The number of carbonyl (C=O) groups excluding carboxylic acids is 2. The quantitative estimate of drug-likeness (QED) is 0.355. The summed E-state index contributed by atoms with van der Waals surface area (Å²) in [7, 11) is 0. The number of benzene rings is 1. The van der Waals surface area contributed by atoms with E-state index in [1.165, 1.54) is 29.4 Å². The molecule has 0 unspecified atom stereocenters. The van der Waals surface area contributed by atoms with E-state index in [1.54, 1.807) is 6.92 Å². The zero-order valence-corrected chi connectivity index (χ0v) is 16.8. The average molecular weight is 422 g/mol. The highest BCUT2D eigenvalue weighted by molar-refractivity contribution is 8.00. The number of nitrogens with zero attached hydrogens (tertiary/aromatic N) is 2. The molecule has 0 aliphatic heterocycles. The van der Waals surface area contributed by atoms with Gasteiger partial charge in [-0.05, 0) is 24.6 Å². The number of hydrogen-bond acceptors (Lipinski definition) is 7. The summed E-state index contributed by atoms with van der Waals surface area (Å²) < 4.78 is 4.79. The lowest BCUT2D eigenvalue weighted by atomic mass is 10.1. The van der Waals surface area contributed by atoms with Gasteiger partial charge in [-0.25, -0.2) is 9.97 Å². The van der Waals surface area contributed by atoms with Crippen LogP contribution in [0.2, 0.25) is 5.02 Å². The molecule has 2 aromatic heterocycles. The second-order valence-electron chi connectivity index (χ2n) is 5.39. The number of aromatic nitrogens is 2. The van der Waals surface area contributed by atoms with Crippen LogP contribution in [0, 0.1) is 0 Å². The van der Waals surface area contributed by atoms with Crippen molar-refractivity contribution in [1.29, 1.82) is 0 Å². The monoisotopic (exact) mass is 421 g/mol. The molecule has 3 aromatic rings. The van der Waals surface area contributed by atoms with E-state index in [0.717, 1.165) is 26.4 Å². The predicted molar refractivity (Wildman–Crippen MR) is 108 cm³/mol. The first-order valence-electron chi connectivity index (χ1n) is 8.11. The van der Waals surface area contributed by atoms with E-state index in [4.69, 9.17) is 16.3 Å². The van der Waals surface area contributed by atoms with Gasteiger partial charge in [0, 0.05) is 16.0 Å². The van der Waals surface area contributed by atoms with Gasteiger partial charge in [-0.2, -0.15) is 0 Å². The summed E-state index contributed by atoms with van der Waals surface area (Å²) in [5.74, 6) is -0.576. The molecule has 9 heteroatoms. The topological polar surface area (TPSA) is 81.2 Å². The third-order valence-electron chi connectivity index (χ3n) is 3.57. The molecule has 2 heterocycles. The summed E-state index contributed by atoms with van der Waals surface area (Å²) in [6, 6.07) is 7.55. The van der Waals surface area contributed by atoms with Gasteiger partial charge >= 0.3 is 5.97 Å². The Labute approximate surface area is 169 Å². The number of rotatable bonds is 7. The van der Waals surface area contributed by atoms with Crippen molar-refractivity contribution < 1.29 is 14.3 Å². The van der Waals surface area contributed by atoms with Crippen molar-refractivity contribution in [3.63, 3.8) is 0 Å². The molecule has 3 rings (SSSR count). The molecule has 0 aliphatic rings. The van der Waals surface area contributed by atoms with Crippen molar-refractivity contribution in [3.8, 4) is 11.1 Å². The van der Waals surface area contributed by atoms with Crippen molar-refractivity contribution in [1.82, 2.24) is 15.3 Å². The molecule has 0 saturated heterocycles. The molecule has 1 N–H and O–H groups in total. The molecule has 6 nitrogen and oxygen atoms in total. The van der Waals surface area contributed by atoms with Gasteiger partial charge < -0.3 is 10.1 Å². The summed E-state index contributed by atoms with van der Waals surface area (Å²) in [6.45, 7) is 1.87. The minimum atomic E-state index is -0.455. The zero-order chi connectivity index (χ0) is 19.2. The van der Waals surface area contributed by atoms with Crippen molar-refractivity contribution in [2.24, 2.45) is 0 Å². The molecule has 140 valence electrons. The molecule has 1 amide bonds. The Morgan fingerprint density at radius 1 is 1.26 bits per heavy atom. The molecular weight excluding hydrogens is 406 g/mol. The number of nitrogens with one attached hydrogen (secondary N) is 1. The fourth-order valence-corrected chi connectivity index (χ4v) is 4.32. The Hall–Kier alpha value is -2.16. The average Bonchev–Trinajstić information content (AvgIpc) is 3.10. The molecule has 0 bridgehead atoms. The molecule has 27 heavy (non-hydrogen) atoms. The van der Waals surface area contributed by atoms with E-state index in [9.17, 15) is 9.59 Å². The van der Waals surface area contributed by atoms with Crippen LogP contribution in [0.15, 0.2) is 41.0 Å². The van der Waals surface area contributed by atoms with E-state index >= 15 is 0 Å². The van der Waals surface area contributed by atoms with Gasteiger partial charge in [-0.1, -0.05) is 35.5 Å². The zero-order valence-electron chi connectivity index (χ0n) is 14.4. The number of esters is 1. The normalized spacial score (nSPS) is 10.7. The second-order valence-corrected chi connectivity index (χ2v) is 7.64. The number of amides is 1. The summed E-state index contributed by atoms with van der Waals surface area (Å²) in [6.07, 6.45) is 1.49. The van der Waals surface area contributed by atoms with Crippen LogP contribution in [-0.2, 0) is 14.3 Å². The minimum Gasteiger partial charge on any atom is -0.465 e. The fraction of sp³-hybridized carbons (Fsp3) is 0.222. The lowest BCUT2D eigenvalue weighted by molar-refractivity contribution is -0.143. The molecule has 0 aliphatic carbocycles. The van der Waals surface area contributed by atoms with E-state index in [2.05, 4.69) is 15.3 Å². The van der Waals surface area contributed by atoms with Gasteiger partial charge in [0.1, 0.15) is 22.7 Å². The minimum absolute atomic E-state index is 0.138. The van der Waals surface area contributed by atoms with Crippen LogP contribution in [0.25, 0.3) is 21.3 Å². The Kier molecular flexibility index (Phi) is 6.65. The molecule has 0 radical (unpaired) electrons. The molecule has 0 atom stereocenters. The highest BCUT2D eigenvalue weighted by Gasteiger charge is 2.15. The first-order valence-corrected chi connectivity index (χ1v) is 10.4. The number of fused-ring (bicyclic) bond motifs is 1. The number of thiophene rings is 1. The van der Waals surface area contributed by atoms with Crippen molar-refractivity contribution in [3.05, 3.63) is 41.0 Å². The Bertz CT molecular complexity index is 960. The molecule has 1 aromatic carbocycles. The van der Waals surface area contributed by atoms with E-state index in [0.29, 0.717) is 5.02 Å². The predicted octanol–water partition coefficient (Wildman–Crippen LogP) is 3.78. The standard InChI is InChI=1S/C18H16ClN3O3S2/c1-2-25-15(24)7-20-14(23)9-27-18-16-13(8-26-17(16)21-10-22-18)11-3-5-12(19)6-4-11/h3-6,8,10H,2,7,9H2,1H3,(H,20,23). The molecule has 0 spiro atoms. The lowest BCUT2D eigenvalue weighted by Crippen LogP contribution is -2.31. The third kappa shape index (κ3) is 4.97. The number of ether oxygens (including phenoxy) is 1. The van der Waals surface area contributed by atoms with Crippen LogP contribution in [0.5, 0.6) is 0 Å². The SMILES string of the molecule is CCOC(=O)CNC(=O)CSc1ncnc2scc(-c3ccc(Cl)cc3)c12. The molecule has 0 saturated carbocycles. The number of hydrogen-bond donors (Lipinski definition) is 1. The molecule has 0 fully saturated rings. The van der Waals surface area contributed by atoms with Gasteiger partial charge in [0.05, 0.1) is 17.7 Å². The Morgan fingerprint density at radius 3 is 2.78 bits per heavy atom. The largest absolute Gasteiger partial charge is 0.465 e. The first-order chi connectivity index (χ1) is 13.1. The third-order valence-corrected chi connectivity index (χ3v) is 5.69. The molecular formula is C18H16ClN3O3S2. The van der Waals surface area contributed by atoms with E-state index < -0.39 is 5.97 Å². The lowest BCUT2D eigenvalue weighted by Gasteiger charge is -2.06. The van der Waals surface area contributed by atoms with Crippen LogP contribution in [0.1, 0.15) is 6.92 Å². The highest BCUT2D eigenvalue weighted by Crippen LogP contribution is 2.38. The van der Waals surface area contributed by atoms with Crippen LogP contribution in [0.4, 0.5) is 0 Å². The van der Waals surface area contributed by atoms with E-state index in [1.807, 2.05) is 29.6 Å².